The Kier molecular flexibility index (Phi) is 13.1. The molecular formula is C36H44F6N4O5S. The quantitative estimate of drug-likeness (QED) is 0.154. The van der Waals surface area contributed by atoms with Gasteiger partial charge in [-0.05, 0) is 93.7 Å². The summed E-state index contributed by atoms with van der Waals surface area (Å²) in [6, 6.07) is 6.19. The second-order valence-electron chi connectivity index (χ2n) is 13.5. The number of aryl methyl sites for hydroxylation is 1. The number of rotatable bonds is 15. The Bertz CT molecular complexity index is 1750. The number of sulfone groups is 1. The van der Waals surface area contributed by atoms with E-state index in [1.165, 1.54) is 24.2 Å². The van der Waals surface area contributed by atoms with E-state index in [0.717, 1.165) is 48.8 Å². The molecule has 0 saturated heterocycles. The fourth-order valence-electron chi connectivity index (χ4n) is 6.53. The number of carboxylic acid groups (broad SMARTS) is 1. The predicted molar refractivity (Wildman–Crippen MR) is 185 cm³/mol. The van der Waals surface area contributed by atoms with E-state index in [1.807, 2.05) is 32.0 Å². The highest BCUT2D eigenvalue weighted by molar-refractivity contribution is 7.90. The molecule has 1 aliphatic carbocycles. The lowest BCUT2D eigenvalue weighted by molar-refractivity contribution is -0.143. The number of hydrogen-bond acceptors (Lipinski definition) is 8. The lowest BCUT2D eigenvalue weighted by atomic mass is 9.80. The van der Waals surface area contributed by atoms with Crippen molar-refractivity contribution >= 4 is 27.4 Å². The number of halogens is 6. The molecule has 0 spiro atoms. The van der Waals surface area contributed by atoms with E-state index in [0.29, 0.717) is 31.1 Å². The lowest BCUT2D eigenvalue weighted by Gasteiger charge is -2.36. The molecule has 1 aliphatic rings. The van der Waals surface area contributed by atoms with Gasteiger partial charge in [-0.2, -0.15) is 26.3 Å². The predicted octanol–water partition coefficient (Wildman–Crippen LogP) is 8.12. The number of ether oxygens (including phenoxy) is 1. The molecule has 0 amide bonds. The minimum atomic E-state index is -5.04. The highest BCUT2D eigenvalue weighted by atomic mass is 32.2. The normalized spacial score (nSPS) is 17.4. The van der Waals surface area contributed by atoms with Crippen molar-refractivity contribution in [2.45, 2.75) is 77.8 Å². The molecule has 1 saturated carbocycles. The first kappa shape index (κ1) is 40.7. The number of aliphatic carboxylic acids is 1. The van der Waals surface area contributed by atoms with E-state index < -0.39 is 45.3 Å². The number of aromatic nitrogens is 2. The molecule has 0 aliphatic heterocycles. The summed E-state index contributed by atoms with van der Waals surface area (Å²) in [5.74, 6) is -0.494. The Morgan fingerprint density at radius 3 is 2.06 bits per heavy atom. The number of alkyl halides is 6. The Morgan fingerprint density at radius 2 is 1.54 bits per heavy atom. The van der Waals surface area contributed by atoms with Gasteiger partial charge in [0.15, 0.2) is 15.6 Å². The summed E-state index contributed by atoms with van der Waals surface area (Å²) in [4.78, 5) is 23.6. The number of carboxylic acids is 1. The van der Waals surface area contributed by atoms with Crippen molar-refractivity contribution in [1.29, 1.82) is 0 Å². The van der Waals surface area contributed by atoms with Gasteiger partial charge in [0.1, 0.15) is 6.61 Å². The van der Waals surface area contributed by atoms with Crippen molar-refractivity contribution < 1.29 is 49.4 Å². The fourth-order valence-corrected chi connectivity index (χ4v) is 6.92. The van der Waals surface area contributed by atoms with E-state index >= 15 is 0 Å². The molecule has 1 N–H and O–H groups in total. The van der Waals surface area contributed by atoms with Crippen LogP contribution < -0.4 is 14.5 Å². The molecule has 9 nitrogen and oxygen atoms in total. The van der Waals surface area contributed by atoms with Crippen molar-refractivity contribution in [1.82, 2.24) is 9.97 Å². The molecule has 2 aromatic carbocycles. The van der Waals surface area contributed by atoms with Crippen LogP contribution in [0.5, 0.6) is 5.75 Å². The maximum absolute atomic E-state index is 13.9. The van der Waals surface area contributed by atoms with Crippen molar-refractivity contribution in [2.75, 3.05) is 41.5 Å². The first-order valence-electron chi connectivity index (χ1n) is 17.0. The molecule has 0 bridgehead atoms. The molecule has 1 heterocycles. The van der Waals surface area contributed by atoms with Crippen LogP contribution in [-0.2, 0) is 33.5 Å². The first-order chi connectivity index (χ1) is 24.2. The number of anilines is 2. The average Bonchev–Trinajstić information content (AvgIpc) is 3.05. The van der Waals surface area contributed by atoms with Crippen LogP contribution in [0.3, 0.4) is 0 Å². The Balaban J connectivity index is 1.72. The number of benzene rings is 2. The summed E-state index contributed by atoms with van der Waals surface area (Å²) in [6.45, 7) is 6.48. The van der Waals surface area contributed by atoms with Gasteiger partial charge in [-0.1, -0.05) is 17.7 Å². The van der Waals surface area contributed by atoms with Gasteiger partial charge in [0.05, 0.1) is 35.3 Å². The van der Waals surface area contributed by atoms with E-state index in [-0.39, 0.29) is 54.6 Å². The van der Waals surface area contributed by atoms with Gasteiger partial charge in [-0.3, -0.25) is 4.79 Å². The van der Waals surface area contributed by atoms with Crippen LogP contribution in [0.2, 0.25) is 0 Å². The van der Waals surface area contributed by atoms with Gasteiger partial charge in [-0.15, -0.1) is 0 Å². The second-order valence-corrected chi connectivity index (χ2v) is 15.8. The molecule has 1 atom stereocenters. The SMILES string of the molecule is CCN(C[C@H]1CC[C@H](CC(=O)O)CC1)c1ccc(C)cc1CN(c1ncc(OCCS(C)(=O)=O)cn1)C(C)c1cc(C(F)(F)F)cc(C(F)(F)F)c1. The Morgan fingerprint density at radius 1 is 0.962 bits per heavy atom. The molecule has 1 fully saturated rings. The molecule has 52 heavy (non-hydrogen) atoms. The topological polar surface area (TPSA) is 113 Å². The maximum atomic E-state index is 13.9. The lowest BCUT2D eigenvalue weighted by Crippen LogP contribution is -2.34. The monoisotopic (exact) mass is 758 g/mol. The van der Waals surface area contributed by atoms with E-state index in [4.69, 9.17) is 4.74 Å². The minimum Gasteiger partial charge on any atom is -0.489 e. The number of carbonyl (C=O) groups is 1. The summed E-state index contributed by atoms with van der Waals surface area (Å²) in [5.41, 5.74) is -0.672. The zero-order valence-electron chi connectivity index (χ0n) is 29.5. The average molecular weight is 759 g/mol. The van der Waals surface area contributed by atoms with Crippen LogP contribution >= 0.6 is 0 Å². The molecule has 1 aromatic heterocycles. The highest BCUT2D eigenvalue weighted by Gasteiger charge is 2.38. The number of nitrogens with zero attached hydrogens (tertiary/aromatic N) is 4. The number of hydrogen-bond donors (Lipinski definition) is 1. The molecule has 16 heteroatoms. The fraction of sp³-hybridized carbons (Fsp3) is 0.528. The van der Waals surface area contributed by atoms with Crippen molar-refractivity contribution in [2.24, 2.45) is 11.8 Å². The molecule has 0 radical (unpaired) electrons. The van der Waals surface area contributed by atoms with Crippen LogP contribution in [0.25, 0.3) is 0 Å². The zero-order valence-corrected chi connectivity index (χ0v) is 30.3. The Labute approximate surface area is 299 Å². The minimum absolute atomic E-state index is 0.00110. The third-order valence-electron chi connectivity index (χ3n) is 9.36. The van der Waals surface area contributed by atoms with Gasteiger partial charge in [0.25, 0.3) is 0 Å². The van der Waals surface area contributed by atoms with E-state index in [9.17, 15) is 44.7 Å². The van der Waals surface area contributed by atoms with Crippen molar-refractivity contribution in [3.05, 3.63) is 76.6 Å². The van der Waals surface area contributed by atoms with Crippen LogP contribution in [0.4, 0.5) is 38.0 Å². The third-order valence-corrected chi connectivity index (χ3v) is 10.3. The summed E-state index contributed by atoms with van der Waals surface area (Å²) in [7, 11) is -3.31. The van der Waals surface area contributed by atoms with Crippen LogP contribution in [0.1, 0.15) is 79.8 Å². The second kappa shape index (κ2) is 16.7. The van der Waals surface area contributed by atoms with Gasteiger partial charge in [-0.25, -0.2) is 18.4 Å². The maximum Gasteiger partial charge on any atom is 0.416 e. The smallest absolute Gasteiger partial charge is 0.416 e. The third kappa shape index (κ3) is 11.5. The van der Waals surface area contributed by atoms with E-state index in [2.05, 4.69) is 14.9 Å². The highest BCUT2D eigenvalue weighted by Crippen LogP contribution is 2.40. The molecule has 4 rings (SSSR count). The van der Waals surface area contributed by atoms with Crippen LogP contribution in [-0.4, -0.2) is 61.2 Å². The molecule has 1 unspecified atom stereocenters. The summed E-state index contributed by atoms with van der Waals surface area (Å²) in [5, 5.41) is 9.21. The van der Waals surface area contributed by atoms with Gasteiger partial charge in [0.2, 0.25) is 5.95 Å². The Hall–Kier alpha value is -4.08. The molecule has 3 aromatic rings. The first-order valence-corrected chi connectivity index (χ1v) is 19.0. The largest absolute Gasteiger partial charge is 0.489 e. The van der Waals surface area contributed by atoms with Gasteiger partial charge in [0, 0.05) is 38.0 Å². The zero-order chi connectivity index (χ0) is 38.4. The standard InChI is InChI=1S/C36H44F6N4O5S/c1-5-45(21-26-9-7-25(8-10-26)15-33(47)48)32-11-6-23(2)14-28(32)22-46(34-43-19-31(20-44-34)51-12-13-52(4,49)50)24(3)27-16-29(35(37,38)39)18-30(17-27)36(40,41)42/h6,11,14,16-20,24-26H,5,7-10,12-13,15,21-22H2,1-4H3,(H,47,48)/t24?,25-,26-. The van der Waals surface area contributed by atoms with Gasteiger partial charge >= 0.3 is 18.3 Å². The van der Waals surface area contributed by atoms with E-state index in [1.54, 1.807) is 0 Å². The summed E-state index contributed by atoms with van der Waals surface area (Å²) in [6.07, 6.45) is -3.00. The van der Waals surface area contributed by atoms with Crippen LogP contribution in [0.15, 0.2) is 48.8 Å². The van der Waals surface area contributed by atoms with Gasteiger partial charge < -0.3 is 19.6 Å². The van der Waals surface area contributed by atoms with Crippen LogP contribution in [0, 0.1) is 18.8 Å². The molecule has 286 valence electrons. The van der Waals surface area contributed by atoms with Crippen molar-refractivity contribution in [3.8, 4) is 5.75 Å². The summed E-state index contributed by atoms with van der Waals surface area (Å²) < 4.78 is 112. The summed E-state index contributed by atoms with van der Waals surface area (Å²) >= 11 is 0. The van der Waals surface area contributed by atoms with Crippen molar-refractivity contribution in [3.63, 3.8) is 0 Å². The molecular weight excluding hydrogens is 714 g/mol.